The quantitative estimate of drug-likeness (QED) is 0.422. The summed E-state index contributed by atoms with van der Waals surface area (Å²) >= 11 is 8.55. The number of fused-ring (bicyclic) bond motifs is 1. The first-order valence-corrected chi connectivity index (χ1v) is 9.76. The summed E-state index contributed by atoms with van der Waals surface area (Å²) in [6.45, 7) is 0. The maximum atomic E-state index is 12.7. The first-order chi connectivity index (χ1) is 11.9. The second kappa shape index (κ2) is 6.99. The molecule has 2 aliphatic heterocycles. The Balaban J connectivity index is 1.82. The third-order valence-corrected chi connectivity index (χ3v) is 6.61. The van der Waals surface area contributed by atoms with E-state index in [-0.39, 0.29) is 23.9 Å². The number of carboxylic acid groups (broad SMARTS) is 1. The Morgan fingerprint density at radius 3 is 2.88 bits per heavy atom. The van der Waals surface area contributed by atoms with Crippen molar-refractivity contribution in [2.45, 2.75) is 17.5 Å². The van der Waals surface area contributed by atoms with Crippen molar-refractivity contribution < 1.29 is 24.2 Å². The molecule has 0 bridgehead atoms. The highest BCUT2D eigenvalue weighted by Crippen LogP contribution is 2.46. The molecule has 3 rings (SSSR count). The Morgan fingerprint density at radius 2 is 2.32 bits per heavy atom. The minimum atomic E-state index is -1.56. The largest absolute Gasteiger partial charge is 0.477 e. The zero-order valence-corrected chi connectivity index (χ0v) is 15.5. The SMILES string of the molecule is COC1(NC(=O)Cc2cccs2)C(=O)N2C(C(=O)O)=C(CCl)CS[C@@H]21. The van der Waals surface area contributed by atoms with Gasteiger partial charge < -0.3 is 15.2 Å². The summed E-state index contributed by atoms with van der Waals surface area (Å²) in [5, 5.41) is 13.3. The number of amides is 2. The van der Waals surface area contributed by atoms with Crippen LogP contribution in [0.15, 0.2) is 28.8 Å². The number of ether oxygens (including phenoxy) is 1. The summed E-state index contributed by atoms with van der Waals surface area (Å²) in [5.41, 5.74) is -1.21. The number of nitrogens with zero attached hydrogens (tertiary/aromatic N) is 1. The first kappa shape index (κ1) is 18.2. The molecule has 1 aromatic heterocycles. The van der Waals surface area contributed by atoms with E-state index < -0.39 is 23.0 Å². The van der Waals surface area contributed by atoms with Gasteiger partial charge in [0.1, 0.15) is 11.1 Å². The molecule has 25 heavy (non-hydrogen) atoms. The van der Waals surface area contributed by atoms with Crippen molar-refractivity contribution in [3.05, 3.63) is 33.7 Å². The maximum absolute atomic E-state index is 12.7. The Labute approximate surface area is 157 Å². The van der Waals surface area contributed by atoms with Gasteiger partial charge in [-0.3, -0.25) is 14.5 Å². The molecule has 1 aromatic rings. The van der Waals surface area contributed by atoms with Gasteiger partial charge in [0.05, 0.1) is 6.42 Å². The molecular weight excluding hydrogens is 388 g/mol. The number of nitrogens with one attached hydrogen (secondary N) is 1. The third kappa shape index (κ3) is 2.95. The predicted molar refractivity (Wildman–Crippen MR) is 94.4 cm³/mol. The summed E-state index contributed by atoms with van der Waals surface area (Å²) in [6.07, 6.45) is 0.127. The lowest BCUT2D eigenvalue weighted by Crippen LogP contribution is -2.80. The lowest BCUT2D eigenvalue weighted by molar-refractivity contribution is -0.192. The standard InChI is InChI=1S/C15H15ClN2O5S2/c1-23-15(17-10(19)5-9-3-2-4-24-9)13(22)18-11(12(20)21)8(6-16)7-25-14(15)18/h2-4,14H,5-7H2,1H3,(H,17,19)(H,20,21)/t14-,15?/m1/s1. The molecule has 0 radical (unpaired) electrons. The average molecular weight is 403 g/mol. The van der Waals surface area contributed by atoms with Crippen LogP contribution in [-0.2, 0) is 25.5 Å². The minimum absolute atomic E-state index is 0.0237. The smallest absolute Gasteiger partial charge is 0.352 e. The zero-order valence-electron chi connectivity index (χ0n) is 13.2. The molecule has 2 amide bonds. The molecule has 2 N–H and O–H groups in total. The van der Waals surface area contributed by atoms with Crippen molar-refractivity contribution >= 4 is 52.5 Å². The van der Waals surface area contributed by atoms with Gasteiger partial charge in [-0.1, -0.05) is 6.07 Å². The molecule has 0 spiro atoms. The number of halogens is 1. The van der Waals surface area contributed by atoms with Crippen molar-refractivity contribution in [1.82, 2.24) is 10.2 Å². The second-order valence-corrected chi connectivity index (χ2v) is 7.84. The van der Waals surface area contributed by atoms with Crippen LogP contribution in [0.2, 0.25) is 0 Å². The van der Waals surface area contributed by atoms with Gasteiger partial charge in [0.2, 0.25) is 5.91 Å². The number of hydrogen-bond donors (Lipinski definition) is 2. The number of rotatable bonds is 6. The molecule has 0 aromatic carbocycles. The van der Waals surface area contributed by atoms with Crippen LogP contribution in [0, 0.1) is 0 Å². The van der Waals surface area contributed by atoms with Crippen LogP contribution >= 0.6 is 34.7 Å². The van der Waals surface area contributed by atoms with Crippen LogP contribution in [0.1, 0.15) is 4.88 Å². The van der Waals surface area contributed by atoms with Crippen LogP contribution < -0.4 is 5.32 Å². The molecular formula is C15H15ClN2O5S2. The number of thioether (sulfide) groups is 1. The number of methoxy groups -OCH3 is 1. The Morgan fingerprint density at radius 1 is 1.56 bits per heavy atom. The van der Waals surface area contributed by atoms with Crippen molar-refractivity contribution in [2.75, 3.05) is 18.7 Å². The fraction of sp³-hybridized carbons (Fsp3) is 0.400. The van der Waals surface area contributed by atoms with E-state index in [1.165, 1.54) is 30.2 Å². The molecule has 1 saturated heterocycles. The highest BCUT2D eigenvalue weighted by Gasteiger charge is 2.66. The Hall–Kier alpha value is -1.55. The summed E-state index contributed by atoms with van der Waals surface area (Å²) in [7, 11) is 1.32. The molecule has 0 saturated carbocycles. The average Bonchev–Trinajstić information content (AvgIpc) is 3.10. The lowest BCUT2D eigenvalue weighted by Gasteiger charge is -2.55. The van der Waals surface area contributed by atoms with E-state index in [1.54, 1.807) is 0 Å². The highest BCUT2D eigenvalue weighted by molar-refractivity contribution is 8.00. The molecule has 2 aliphatic rings. The van der Waals surface area contributed by atoms with Crippen molar-refractivity contribution in [1.29, 1.82) is 0 Å². The van der Waals surface area contributed by atoms with Gasteiger partial charge >= 0.3 is 5.97 Å². The molecule has 0 aliphatic carbocycles. The topological polar surface area (TPSA) is 95.9 Å². The van der Waals surface area contributed by atoms with E-state index >= 15 is 0 Å². The molecule has 1 fully saturated rings. The van der Waals surface area contributed by atoms with Gasteiger partial charge in [0.15, 0.2) is 0 Å². The molecule has 134 valence electrons. The normalized spacial score (nSPS) is 25.4. The van der Waals surface area contributed by atoms with Crippen LogP contribution in [-0.4, -0.2) is 57.6 Å². The van der Waals surface area contributed by atoms with Gasteiger partial charge in [-0.2, -0.15) is 0 Å². The van der Waals surface area contributed by atoms with Crippen molar-refractivity contribution in [2.24, 2.45) is 0 Å². The van der Waals surface area contributed by atoms with Crippen LogP contribution in [0.5, 0.6) is 0 Å². The number of alkyl halides is 1. The van der Waals surface area contributed by atoms with Gasteiger partial charge in [-0.15, -0.1) is 34.7 Å². The van der Waals surface area contributed by atoms with E-state index in [0.717, 1.165) is 9.78 Å². The van der Waals surface area contributed by atoms with Crippen LogP contribution in [0.4, 0.5) is 0 Å². The Kier molecular flexibility index (Phi) is 5.10. The van der Waals surface area contributed by atoms with Crippen LogP contribution in [0.3, 0.4) is 0 Å². The first-order valence-electron chi connectivity index (χ1n) is 7.29. The summed E-state index contributed by atoms with van der Waals surface area (Å²) in [4.78, 5) is 38.6. The third-order valence-electron chi connectivity index (χ3n) is 4.04. The van der Waals surface area contributed by atoms with Crippen LogP contribution in [0.25, 0.3) is 0 Å². The number of aliphatic carboxylic acids is 1. The molecule has 10 heteroatoms. The van der Waals surface area contributed by atoms with Gasteiger partial charge in [-0.05, 0) is 17.0 Å². The highest BCUT2D eigenvalue weighted by atomic mass is 35.5. The van der Waals surface area contributed by atoms with E-state index in [4.69, 9.17) is 16.3 Å². The number of carbonyl (C=O) groups excluding carboxylic acids is 2. The van der Waals surface area contributed by atoms with Gasteiger partial charge in [0.25, 0.3) is 11.6 Å². The fourth-order valence-corrected chi connectivity index (χ4v) is 5.34. The number of hydrogen-bond acceptors (Lipinski definition) is 6. The summed E-state index contributed by atoms with van der Waals surface area (Å²) in [5.74, 6) is -1.81. The molecule has 1 unspecified atom stereocenters. The van der Waals surface area contributed by atoms with E-state index in [2.05, 4.69) is 5.32 Å². The zero-order chi connectivity index (χ0) is 18.2. The maximum Gasteiger partial charge on any atom is 0.352 e. The molecule has 7 nitrogen and oxygen atoms in total. The van der Waals surface area contributed by atoms with E-state index in [1.807, 2.05) is 17.5 Å². The van der Waals surface area contributed by atoms with Crippen molar-refractivity contribution in [3.63, 3.8) is 0 Å². The fourth-order valence-electron chi connectivity index (χ4n) is 2.87. The summed E-state index contributed by atoms with van der Waals surface area (Å²) < 4.78 is 5.35. The van der Waals surface area contributed by atoms with Gasteiger partial charge in [0, 0.05) is 23.6 Å². The Bertz CT molecular complexity index is 751. The molecule has 2 atom stereocenters. The lowest BCUT2D eigenvalue weighted by atomic mass is 9.98. The number of β-lactam (4-membered cyclic amide) rings is 1. The molecule has 3 heterocycles. The van der Waals surface area contributed by atoms with Crippen molar-refractivity contribution in [3.8, 4) is 0 Å². The van der Waals surface area contributed by atoms with E-state index in [0.29, 0.717) is 11.3 Å². The second-order valence-electron chi connectivity index (χ2n) is 5.47. The number of carbonyl (C=O) groups is 3. The van der Waals surface area contributed by atoms with Gasteiger partial charge in [-0.25, -0.2) is 4.79 Å². The number of thiophene rings is 1. The summed E-state index contributed by atoms with van der Waals surface area (Å²) in [6, 6.07) is 3.66. The predicted octanol–water partition coefficient (Wildman–Crippen LogP) is 1.24. The van der Waals surface area contributed by atoms with E-state index in [9.17, 15) is 19.5 Å². The monoisotopic (exact) mass is 402 g/mol. The minimum Gasteiger partial charge on any atom is -0.477 e. The number of carboxylic acids is 1.